The third kappa shape index (κ3) is 4.16. The van der Waals surface area contributed by atoms with E-state index in [1.54, 1.807) is 0 Å². The van der Waals surface area contributed by atoms with E-state index in [-0.39, 0.29) is 77.5 Å². The Morgan fingerprint density at radius 1 is 1.16 bits per heavy atom. The first-order chi connectivity index (χ1) is 7.85. The van der Waals surface area contributed by atoms with Crippen LogP contribution in [-0.4, -0.2) is 12.1 Å². The van der Waals surface area contributed by atoms with Gasteiger partial charge in [-0.1, -0.05) is 5.56 Å². The third-order valence-corrected chi connectivity index (χ3v) is 3.04. The van der Waals surface area contributed by atoms with E-state index < -0.39 is 17.6 Å². The van der Waals surface area contributed by atoms with Crippen molar-refractivity contribution in [1.82, 2.24) is 0 Å². The van der Waals surface area contributed by atoms with Gasteiger partial charge in [0.25, 0.3) is 0 Å². The van der Waals surface area contributed by atoms with Crippen LogP contribution in [0.2, 0.25) is 0 Å². The zero-order valence-electron chi connectivity index (χ0n) is 10.8. The number of aliphatic carboxylic acids is 1. The summed E-state index contributed by atoms with van der Waals surface area (Å²) in [5, 5.41) is 10.3. The van der Waals surface area contributed by atoms with E-state index in [2.05, 4.69) is 0 Å². The maximum Gasteiger partial charge on any atom is 1.00 e. The van der Waals surface area contributed by atoms with Gasteiger partial charge in [-0.25, -0.2) is 0 Å². The summed E-state index contributed by atoms with van der Waals surface area (Å²) in [4.78, 5) is 10.3. The minimum absolute atomic E-state index is 0. The van der Waals surface area contributed by atoms with Crippen molar-refractivity contribution in [2.45, 2.75) is 24.4 Å². The number of halogens is 3. The Bertz CT molecular complexity index is 439. The first-order valence-electron chi connectivity index (χ1n) is 5.08. The largest absolute Gasteiger partial charge is 1.00 e. The number of carbonyl (C=O) groups excluding carboxylic acids is 1. The molecular formula is C12H9F3Na2O2. The van der Waals surface area contributed by atoms with Crippen LogP contribution in [0.25, 0.3) is 0 Å². The summed E-state index contributed by atoms with van der Waals surface area (Å²) in [5.74, 6) is -1.37. The number of alkyl halides is 3. The van der Waals surface area contributed by atoms with Crippen LogP contribution in [0.5, 0.6) is 0 Å². The average Bonchev–Trinajstić information content (AvgIpc) is 2.97. The second kappa shape index (κ2) is 6.87. The smallest absolute Gasteiger partial charge is 0.560 e. The van der Waals surface area contributed by atoms with Crippen LogP contribution in [0.3, 0.4) is 0 Å². The molecule has 92 valence electrons. The molecule has 0 atom stereocenters. The average molecular weight is 288 g/mol. The van der Waals surface area contributed by atoms with Crippen LogP contribution in [0.15, 0.2) is 24.3 Å². The number of hydrogen-bond acceptors (Lipinski definition) is 2. The van der Waals surface area contributed by atoms with Gasteiger partial charge in [0.15, 0.2) is 0 Å². The quantitative estimate of drug-likeness (QED) is 0.416. The van der Waals surface area contributed by atoms with Gasteiger partial charge in [0.05, 0.1) is 5.41 Å². The summed E-state index contributed by atoms with van der Waals surface area (Å²) in [7, 11) is 0. The SMILES string of the molecule is O=C([O-])[CH-]c1ccc(C2(C(F)(F)F)CC2)cc1.[Na+].[Na+]. The third-order valence-electron chi connectivity index (χ3n) is 3.04. The van der Waals surface area contributed by atoms with Crippen molar-refractivity contribution in [3.8, 4) is 0 Å². The minimum Gasteiger partial charge on any atom is -0.560 e. The number of hydrogen-bond donors (Lipinski definition) is 0. The zero-order chi connectivity index (χ0) is 12.7. The van der Waals surface area contributed by atoms with Gasteiger partial charge in [0, 0.05) is 5.97 Å². The van der Waals surface area contributed by atoms with Crippen LogP contribution < -0.4 is 64.2 Å². The monoisotopic (exact) mass is 288 g/mol. The molecule has 7 heteroatoms. The normalized spacial score (nSPS) is 15.7. The van der Waals surface area contributed by atoms with Crippen molar-refractivity contribution in [2.24, 2.45) is 0 Å². The number of rotatable bonds is 3. The Morgan fingerprint density at radius 2 is 1.63 bits per heavy atom. The van der Waals surface area contributed by atoms with Crippen molar-refractivity contribution in [1.29, 1.82) is 0 Å². The fraction of sp³-hybridized carbons (Fsp3) is 0.333. The molecule has 0 aromatic heterocycles. The molecule has 0 spiro atoms. The van der Waals surface area contributed by atoms with Crippen LogP contribution in [0.4, 0.5) is 13.2 Å². The van der Waals surface area contributed by atoms with Gasteiger partial charge in [-0.15, -0.1) is 18.6 Å². The van der Waals surface area contributed by atoms with Crippen LogP contribution >= 0.6 is 0 Å². The van der Waals surface area contributed by atoms with Crippen LogP contribution in [-0.2, 0) is 10.2 Å². The van der Waals surface area contributed by atoms with Crippen molar-refractivity contribution in [3.05, 3.63) is 41.8 Å². The fourth-order valence-corrected chi connectivity index (χ4v) is 1.90. The molecule has 2 rings (SSSR count). The van der Waals surface area contributed by atoms with Crippen molar-refractivity contribution in [2.75, 3.05) is 0 Å². The maximum atomic E-state index is 12.8. The summed E-state index contributed by atoms with van der Waals surface area (Å²) in [5.41, 5.74) is -1.19. The van der Waals surface area contributed by atoms with Crippen molar-refractivity contribution < 1.29 is 82.2 Å². The van der Waals surface area contributed by atoms with E-state index in [9.17, 15) is 23.1 Å². The molecule has 1 fully saturated rings. The zero-order valence-corrected chi connectivity index (χ0v) is 14.8. The Hall–Kier alpha value is 0.350. The molecule has 1 saturated carbocycles. The Kier molecular flexibility index (Phi) is 7.00. The van der Waals surface area contributed by atoms with Gasteiger partial charge in [0.2, 0.25) is 0 Å². The standard InChI is InChI=1S/C12H10F3O2.2Na/c13-12(14,15)11(5-6-11)9-3-1-8(2-4-9)7-10(16)17;;/h1-4,7H,5-6H2,(H,16,17);;/q-1;2*+1/p-1. The molecule has 2 nitrogen and oxygen atoms in total. The second-order valence-electron chi connectivity index (χ2n) is 4.17. The molecular weight excluding hydrogens is 279 g/mol. The van der Waals surface area contributed by atoms with E-state index in [1.807, 2.05) is 0 Å². The van der Waals surface area contributed by atoms with Gasteiger partial charge in [0.1, 0.15) is 0 Å². The van der Waals surface area contributed by atoms with Crippen LogP contribution in [0.1, 0.15) is 24.0 Å². The second-order valence-corrected chi connectivity index (χ2v) is 4.17. The molecule has 1 aromatic carbocycles. The summed E-state index contributed by atoms with van der Waals surface area (Å²) in [6.45, 7) is 0. The molecule has 1 aliphatic carbocycles. The topological polar surface area (TPSA) is 40.1 Å². The summed E-state index contributed by atoms with van der Waals surface area (Å²) in [6, 6.07) is 5.37. The minimum atomic E-state index is -4.24. The van der Waals surface area contributed by atoms with E-state index in [0.717, 1.165) is 6.42 Å². The Morgan fingerprint density at radius 3 is 1.95 bits per heavy atom. The Balaban J connectivity index is 0.00000162. The molecule has 0 aliphatic heterocycles. The number of carboxylic acid groups (broad SMARTS) is 1. The summed E-state index contributed by atoms with van der Waals surface area (Å²) in [6.07, 6.45) is -3.20. The van der Waals surface area contributed by atoms with E-state index in [4.69, 9.17) is 0 Å². The summed E-state index contributed by atoms with van der Waals surface area (Å²) >= 11 is 0. The molecule has 0 bridgehead atoms. The van der Waals surface area contributed by atoms with Gasteiger partial charge < -0.3 is 9.90 Å². The first kappa shape index (κ1) is 19.4. The van der Waals surface area contributed by atoms with Gasteiger partial charge in [-0.05, 0) is 12.8 Å². The van der Waals surface area contributed by atoms with Gasteiger partial charge in [-0.2, -0.15) is 30.9 Å². The maximum absolute atomic E-state index is 12.8. The molecule has 1 aromatic rings. The fourth-order valence-electron chi connectivity index (χ4n) is 1.90. The molecule has 0 N–H and O–H groups in total. The van der Waals surface area contributed by atoms with E-state index >= 15 is 0 Å². The van der Waals surface area contributed by atoms with Crippen molar-refractivity contribution >= 4 is 5.97 Å². The predicted molar refractivity (Wildman–Crippen MR) is 51.8 cm³/mol. The molecule has 0 saturated heterocycles. The molecule has 0 amide bonds. The van der Waals surface area contributed by atoms with E-state index in [1.165, 1.54) is 24.3 Å². The predicted octanol–water partition coefficient (Wildman–Crippen LogP) is -4.41. The number of carboxylic acids is 1. The Labute approximate surface area is 153 Å². The van der Waals surface area contributed by atoms with Crippen LogP contribution in [0, 0.1) is 6.42 Å². The number of carbonyl (C=O) groups is 1. The van der Waals surface area contributed by atoms with E-state index in [0.29, 0.717) is 5.56 Å². The van der Waals surface area contributed by atoms with Gasteiger partial charge >= 0.3 is 65.3 Å². The molecule has 19 heavy (non-hydrogen) atoms. The van der Waals surface area contributed by atoms with Crippen molar-refractivity contribution in [3.63, 3.8) is 0 Å². The molecule has 1 aliphatic rings. The molecule has 0 radical (unpaired) electrons. The number of benzene rings is 1. The first-order valence-corrected chi connectivity index (χ1v) is 5.08. The van der Waals surface area contributed by atoms with Gasteiger partial charge in [-0.3, -0.25) is 0 Å². The molecule has 0 heterocycles. The summed E-state index contributed by atoms with van der Waals surface area (Å²) < 4.78 is 38.3. The molecule has 0 unspecified atom stereocenters.